The number of benzene rings is 2. The molecule has 2 amide bonds. The van der Waals surface area contributed by atoms with E-state index in [1.807, 2.05) is 18.2 Å². The normalized spacial score (nSPS) is 17.3. The summed E-state index contributed by atoms with van der Waals surface area (Å²) in [5.74, 6) is 0.430. The number of amides is 2. The molecule has 2 aromatic carbocycles. The van der Waals surface area contributed by atoms with Gasteiger partial charge in [-0.15, -0.1) is 0 Å². The highest BCUT2D eigenvalue weighted by Gasteiger charge is 2.30. The van der Waals surface area contributed by atoms with Gasteiger partial charge >= 0.3 is 6.03 Å². The van der Waals surface area contributed by atoms with Gasteiger partial charge in [0.2, 0.25) is 0 Å². The Bertz CT molecular complexity index is 816. The molecule has 0 atom stereocenters. The predicted molar refractivity (Wildman–Crippen MR) is 106 cm³/mol. The van der Waals surface area contributed by atoms with Crippen molar-refractivity contribution < 1.29 is 14.3 Å². The number of hydrogen-bond acceptors (Lipinski definition) is 4. The Morgan fingerprint density at radius 2 is 1.44 bits per heavy atom. The monoisotopic (exact) mass is 365 g/mol. The van der Waals surface area contributed by atoms with E-state index in [0.29, 0.717) is 25.3 Å². The topological polar surface area (TPSA) is 53.1 Å². The number of ether oxygens (including phenoxy) is 1. The molecule has 2 fully saturated rings. The number of hydrogen-bond donors (Lipinski definition) is 0. The zero-order valence-corrected chi connectivity index (χ0v) is 15.2. The minimum absolute atomic E-state index is 0.0658. The first-order valence-electron chi connectivity index (χ1n) is 9.41. The molecule has 0 unspecified atom stereocenters. The lowest BCUT2D eigenvalue weighted by Gasteiger charge is -2.29. The van der Waals surface area contributed by atoms with Gasteiger partial charge < -0.3 is 9.64 Å². The molecule has 0 N–H and O–H groups in total. The van der Waals surface area contributed by atoms with Gasteiger partial charge in [-0.05, 0) is 55.7 Å². The highest BCUT2D eigenvalue weighted by atomic mass is 16.5. The minimum Gasteiger partial charge on any atom is -0.429 e. The van der Waals surface area contributed by atoms with Gasteiger partial charge in [0, 0.05) is 49.3 Å². The average Bonchev–Trinajstić information content (AvgIpc) is 3.11. The van der Waals surface area contributed by atoms with Crippen molar-refractivity contribution in [3.05, 3.63) is 48.5 Å². The first-order valence-corrected chi connectivity index (χ1v) is 9.41. The van der Waals surface area contributed by atoms with Crippen LogP contribution in [0, 0.1) is 0 Å². The van der Waals surface area contributed by atoms with Gasteiger partial charge in [-0.1, -0.05) is 6.07 Å². The summed E-state index contributed by atoms with van der Waals surface area (Å²) in [7, 11) is 0. The molecule has 0 aromatic heterocycles. The van der Waals surface area contributed by atoms with E-state index in [-0.39, 0.29) is 6.03 Å². The van der Waals surface area contributed by atoms with E-state index in [0.717, 1.165) is 24.5 Å². The Labute approximate surface area is 158 Å². The van der Waals surface area contributed by atoms with E-state index in [4.69, 9.17) is 4.74 Å². The third-order valence-corrected chi connectivity index (χ3v) is 5.21. The zero-order valence-electron chi connectivity index (χ0n) is 15.2. The van der Waals surface area contributed by atoms with Crippen molar-refractivity contribution in [2.45, 2.75) is 19.3 Å². The first-order chi connectivity index (χ1) is 13.3. The Morgan fingerprint density at radius 3 is 2.15 bits per heavy atom. The van der Waals surface area contributed by atoms with Crippen molar-refractivity contribution in [2.75, 3.05) is 40.9 Å². The van der Waals surface area contributed by atoms with E-state index in [1.165, 1.54) is 24.9 Å². The van der Waals surface area contributed by atoms with E-state index in [9.17, 15) is 9.59 Å². The van der Waals surface area contributed by atoms with Crippen molar-refractivity contribution in [1.82, 2.24) is 0 Å². The molecule has 140 valence electrons. The number of carbonyl (C=O) groups is 2. The maximum absolute atomic E-state index is 12.9. The number of urea groups is 1. The zero-order chi connectivity index (χ0) is 18.6. The molecule has 6 heteroatoms. The second-order valence-corrected chi connectivity index (χ2v) is 6.86. The van der Waals surface area contributed by atoms with Crippen LogP contribution in [0.25, 0.3) is 0 Å². The van der Waals surface area contributed by atoms with E-state index in [2.05, 4.69) is 17.0 Å². The summed E-state index contributed by atoms with van der Waals surface area (Å²) in [5, 5.41) is 0. The summed E-state index contributed by atoms with van der Waals surface area (Å²) in [4.78, 5) is 29.3. The summed E-state index contributed by atoms with van der Waals surface area (Å²) >= 11 is 0. The number of carbonyl (C=O) groups excluding carboxylic acids is 2. The van der Waals surface area contributed by atoms with Crippen LogP contribution in [-0.4, -0.2) is 38.7 Å². The van der Waals surface area contributed by atoms with Gasteiger partial charge in [-0.3, -0.25) is 14.6 Å². The molecule has 2 aliphatic heterocycles. The third-order valence-electron chi connectivity index (χ3n) is 5.21. The SMILES string of the molecule is O=COc1cccc(N2CCN(c3ccc(N4CCCCC4)cc3)C2=O)c1. The van der Waals surface area contributed by atoms with Crippen LogP contribution in [0.2, 0.25) is 0 Å². The van der Waals surface area contributed by atoms with Crippen LogP contribution in [0.1, 0.15) is 19.3 Å². The minimum atomic E-state index is -0.0658. The fourth-order valence-electron chi connectivity index (χ4n) is 3.79. The van der Waals surface area contributed by atoms with Crippen molar-refractivity contribution in [2.24, 2.45) is 0 Å². The van der Waals surface area contributed by atoms with E-state index < -0.39 is 0 Å². The maximum atomic E-state index is 12.9. The van der Waals surface area contributed by atoms with Gasteiger partial charge in [0.25, 0.3) is 6.47 Å². The van der Waals surface area contributed by atoms with Crippen molar-refractivity contribution in [1.29, 1.82) is 0 Å². The molecular formula is C21H23N3O3. The van der Waals surface area contributed by atoms with Crippen molar-refractivity contribution in [3.8, 4) is 5.75 Å². The fourth-order valence-corrected chi connectivity index (χ4v) is 3.79. The molecule has 6 nitrogen and oxygen atoms in total. The number of anilines is 3. The Kier molecular flexibility index (Phi) is 4.96. The summed E-state index contributed by atoms with van der Waals surface area (Å²) in [6, 6.07) is 15.2. The highest BCUT2D eigenvalue weighted by Crippen LogP contribution is 2.29. The van der Waals surface area contributed by atoms with Crippen LogP contribution < -0.4 is 19.4 Å². The fraction of sp³-hybridized carbons (Fsp3) is 0.333. The van der Waals surface area contributed by atoms with E-state index >= 15 is 0 Å². The first kappa shape index (κ1) is 17.4. The lowest BCUT2D eigenvalue weighted by Crippen LogP contribution is -2.32. The molecule has 4 rings (SSSR count). The number of nitrogens with zero attached hydrogens (tertiary/aromatic N) is 3. The third kappa shape index (κ3) is 3.60. The molecule has 27 heavy (non-hydrogen) atoms. The molecule has 2 aromatic rings. The Balaban J connectivity index is 1.48. The largest absolute Gasteiger partial charge is 0.429 e. The number of rotatable bonds is 5. The average molecular weight is 365 g/mol. The van der Waals surface area contributed by atoms with Crippen LogP contribution in [-0.2, 0) is 4.79 Å². The summed E-state index contributed by atoms with van der Waals surface area (Å²) < 4.78 is 4.89. The van der Waals surface area contributed by atoms with Gasteiger partial charge in [0.05, 0.1) is 0 Å². The molecule has 0 bridgehead atoms. The lowest BCUT2D eigenvalue weighted by atomic mass is 10.1. The summed E-state index contributed by atoms with van der Waals surface area (Å²) in [6.45, 7) is 3.82. The van der Waals surface area contributed by atoms with Crippen molar-refractivity contribution in [3.63, 3.8) is 0 Å². The van der Waals surface area contributed by atoms with Crippen LogP contribution in [0.4, 0.5) is 21.9 Å². The molecule has 0 spiro atoms. The second-order valence-electron chi connectivity index (χ2n) is 6.86. The number of piperidine rings is 1. The van der Waals surface area contributed by atoms with Crippen LogP contribution >= 0.6 is 0 Å². The van der Waals surface area contributed by atoms with Crippen LogP contribution in [0.15, 0.2) is 48.5 Å². The van der Waals surface area contributed by atoms with Gasteiger partial charge in [0.1, 0.15) is 5.75 Å². The van der Waals surface area contributed by atoms with Crippen LogP contribution in [0.5, 0.6) is 5.75 Å². The van der Waals surface area contributed by atoms with E-state index in [1.54, 1.807) is 28.0 Å². The quantitative estimate of drug-likeness (QED) is 0.759. The van der Waals surface area contributed by atoms with Crippen molar-refractivity contribution >= 4 is 29.6 Å². The molecule has 2 heterocycles. The summed E-state index contributed by atoms with van der Waals surface area (Å²) in [6.07, 6.45) is 3.80. The Hall–Kier alpha value is -3.02. The van der Waals surface area contributed by atoms with Gasteiger partial charge in [0.15, 0.2) is 0 Å². The molecular weight excluding hydrogens is 342 g/mol. The Morgan fingerprint density at radius 1 is 0.778 bits per heavy atom. The lowest BCUT2D eigenvalue weighted by molar-refractivity contribution is -0.120. The van der Waals surface area contributed by atoms with Crippen LogP contribution in [0.3, 0.4) is 0 Å². The second kappa shape index (κ2) is 7.70. The molecule has 0 radical (unpaired) electrons. The standard InChI is InChI=1S/C21H23N3O3/c25-16-27-20-6-4-5-19(15-20)24-14-13-23(21(24)26)18-9-7-17(8-10-18)22-11-2-1-3-12-22/h4-10,15-16H,1-3,11-14H2. The van der Waals surface area contributed by atoms with Gasteiger partial charge in [-0.25, -0.2) is 4.79 Å². The molecule has 2 saturated heterocycles. The molecule has 2 aliphatic rings. The highest BCUT2D eigenvalue weighted by molar-refractivity contribution is 6.06. The molecule has 0 saturated carbocycles. The predicted octanol–water partition coefficient (Wildman–Crippen LogP) is 3.66. The van der Waals surface area contributed by atoms with Gasteiger partial charge in [-0.2, -0.15) is 0 Å². The smallest absolute Gasteiger partial charge is 0.329 e. The summed E-state index contributed by atoms with van der Waals surface area (Å²) in [5.41, 5.74) is 2.86. The molecule has 0 aliphatic carbocycles. The maximum Gasteiger partial charge on any atom is 0.329 e.